The number of nitrogens with one attached hydrogen (secondary N) is 1. The number of alkyl carbamates (subject to hydrolysis) is 1. The molecule has 0 radical (unpaired) electrons. The van der Waals surface area contributed by atoms with E-state index in [1.165, 1.54) is 0 Å². The van der Waals surface area contributed by atoms with Crippen LogP contribution in [0.1, 0.15) is 23.5 Å². The number of carbonyl (C=O) groups excluding carboxylic acids is 2. The maximum Gasteiger partial charge on any atom is 0.410 e. The second-order valence-corrected chi connectivity index (χ2v) is 7.79. The molecule has 168 valence electrons. The van der Waals surface area contributed by atoms with Gasteiger partial charge in [-0.15, -0.1) is 0 Å². The number of hydrogen-bond donors (Lipinski definition) is 3. The smallest absolute Gasteiger partial charge is 0.410 e. The van der Waals surface area contributed by atoms with Crippen LogP contribution in [0.4, 0.5) is 9.59 Å². The number of nitrogens with two attached hydrogens (primary N) is 1. The number of nitrogens with zero attached hydrogens (tertiary/aromatic N) is 1. The minimum Gasteiger partial charge on any atom is -0.480 e. The van der Waals surface area contributed by atoms with Gasteiger partial charge in [-0.2, -0.15) is 0 Å². The van der Waals surface area contributed by atoms with Gasteiger partial charge in [0.15, 0.2) is 0 Å². The number of fused-ring (bicyclic) bond motifs is 3. The van der Waals surface area contributed by atoms with Crippen molar-refractivity contribution < 1.29 is 29.0 Å². The molecule has 0 aromatic heterocycles. The molecular formula is C23H25N3O6. The Morgan fingerprint density at radius 3 is 2.28 bits per heavy atom. The van der Waals surface area contributed by atoms with Crippen molar-refractivity contribution in [1.82, 2.24) is 10.2 Å². The third-order valence-corrected chi connectivity index (χ3v) is 5.81. The first-order chi connectivity index (χ1) is 15.5. The molecule has 32 heavy (non-hydrogen) atoms. The number of carbonyl (C=O) groups is 3. The van der Waals surface area contributed by atoms with E-state index in [2.05, 4.69) is 5.32 Å². The van der Waals surface area contributed by atoms with E-state index in [1.807, 2.05) is 48.5 Å². The molecule has 1 fully saturated rings. The first-order valence-electron chi connectivity index (χ1n) is 10.5. The predicted octanol–water partition coefficient (Wildman–Crippen LogP) is 2.15. The lowest BCUT2D eigenvalue weighted by atomic mass is 9.98. The number of aliphatic carboxylic acids is 1. The Bertz CT molecular complexity index is 981. The van der Waals surface area contributed by atoms with E-state index in [1.54, 1.807) is 0 Å². The molecular weight excluding hydrogens is 414 g/mol. The first kappa shape index (κ1) is 21.6. The fourth-order valence-electron chi connectivity index (χ4n) is 4.36. The van der Waals surface area contributed by atoms with Gasteiger partial charge < -0.3 is 25.6 Å². The van der Waals surface area contributed by atoms with Crippen molar-refractivity contribution >= 4 is 18.2 Å². The molecule has 1 aliphatic carbocycles. The van der Waals surface area contributed by atoms with E-state index in [-0.39, 0.29) is 38.6 Å². The molecule has 1 heterocycles. The number of amides is 2. The molecule has 2 aromatic rings. The van der Waals surface area contributed by atoms with Gasteiger partial charge in [0.25, 0.3) is 0 Å². The highest BCUT2D eigenvalue weighted by Crippen LogP contribution is 2.44. The fraction of sp³-hybridized carbons (Fsp3) is 0.348. The molecule has 1 aliphatic heterocycles. The number of ether oxygens (including phenoxy) is 2. The summed E-state index contributed by atoms with van der Waals surface area (Å²) in [6.07, 6.45) is -2.18. The monoisotopic (exact) mass is 439 g/mol. The van der Waals surface area contributed by atoms with Crippen LogP contribution in [-0.2, 0) is 14.3 Å². The van der Waals surface area contributed by atoms with Crippen molar-refractivity contribution in [3.8, 4) is 11.1 Å². The van der Waals surface area contributed by atoms with Crippen LogP contribution in [0.2, 0.25) is 0 Å². The highest BCUT2D eigenvalue weighted by atomic mass is 16.6. The summed E-state index contributed by atoms with van der Waals surface area (Å²) in [6, 6.07) is 14.8. The van der Waals surface area contributed by atoms with E-state index in [0.29, 0.717) is 0 Å². The Morgan fingerprint density at radius 1 is 1.06 bits per heavy atom. The molecule has 2 aromatic carbocycles. The topological polar surface area (TPSA) is 131 Å². The number of benzene rings is 2. The molecule has 0 unspecified atom stereocenters. The summed E-state index contributed by atoms with van der Waals surface area (Å²) in [5.74, 6) is -1.31. The van der Waals surface area contributed by atoms with Crippen molar-refractivity contribution in [2.24, 2.45) is 5.73 Å². The van der Waals surface area contributed by atoms with E-state index in [9.17, 15) is 19.5 Å². The van der Waals surface area contributed by atoms with Gasteiger partial charge >= 0.3 is 18.2 Å². The Morgan fingerprint density at radius 2 is 1.69 bits per heavy atom. The van der Waals surface area contributed by atoms with Crippen molar-refractivity contribution in [3.05, 3.63) is 59.7 Å². The summed E-state index contributed by atoms with van der Waals surface area (Å²) in [5.41, 5.74) is 9.67. The van der Waals surface area contributed by atoms with Crippen LogP contribution >= 0.6 is 0 Å². The van der Waals surface area contributed by atoms with Crippen molar-refractivity contribution in [2.45, 2.75) is 24.5 Å². The van der Waals surface area contributed by atoms with Gasteiger partial charge in [0, 0.05) is 25.4 Å². The lowest BCUT2D eigenvalue weighted by Gasteiger charge is -2.22. The third-order valence-electron chi connectivity index (χ3n) is 5.81. The number of carboxylic acids is 1. The molecule has 4 rings (SSSR count). The van der Waals surface area contributed by atoms with E-state index in [4.69, 9.17) is 15.2 Å². The van der Waals surface area contributed by atoms with Crippen molar-refractivity contribution in [3.63, 3.8) is 0 Å². The number of carboxylic acid groups (broad SMARTS) is 1. The minimum absolute atomic E-state index is 0.00439. The van der Waals surface area contributed by atoms with Gasteiger partial charge in [-0.25, -0.2) is 14.4 Å². The van der Waals surface area contributed by atoms with Crippen LogP contribution in [0.3, 0.4) is 0 Å². The largest absolute Gasteiger partial charge is 0.480 e. The Kier molecular flexibility index (Phi) is 6.27. The van der Waals surface area contributed by atoms with Crippen LogP contribution in [0.5, 0.6) is 0 Å². The average Bonchev–Trinajstić information content (AvgIpc) is 3.36. The van der Waals surface area contributed by atoms with Crippen LogP contribution in [-0.4, -0.2) is 66.5 Å². The van der Waals surface area contributed by atoms with E-state index >= 15 is 0 Å². The normalized spacial score (nSPS) is 19.2. The Hall–Kier alpha value is -3.59. The van der Waals surface area contributed by atoms with Crippen molar-refractivity contribution in [2.75, 3.05) is 26.2 Å². The lowest BCUT2D eigenvalue weighted by molar-refractivity contribution is -0.141. The maximum absolute atomic E-state index is 12.8. The molecule has 9 heteroatoms. The zero-order valence-electron chi connectivity index (χ0n) is 17.4. The number of hydrogen-bond acceptors (Lipinski definition) is 6. The quantitative estimate of drug-likeness (QED) is 0.628. The van der Waals surface area contributed by atoms with Gasteiger partial charge in [0.05, 0.1) is 6.54 Å². The zero-order valence-corrected chi connectivity index (χ0v) is 17.4. The van der Waals surface area contributed by atoms with Gasteiger partial charge in [-0.1, -0.05) is 48.5 Å². The van der Waals surface area contributed by atoms with Crippen LogP contribution in [0.15, 0.2) is 48.5 Å². The summed E-state index contributed by atoms with van der Waals surface area (Å²) >= 11 is 0. The fourth-order valence-corrected chi connectivity index (χ4v) is 4.36. The Labute approximate surface area is 185 Å². The highest BCUT2D eigenvalue weighted by Gasteiger charge is 2.43. The molecule has 0 saturated carbocycles. The molecule has 1 saturated heterocycles. The van der Waals surface area contributed by atoms with Crippen LogP contribution in [0, 0.1) is 0 Å². The van der Waals surface area contributed by atoms with Gasteiger partial charge in [0.2, 0.25) is 0 Å². The summed E-state index contributed by atoms with van der Waals surface area (Å²) in [5, 5.41) is 12.0. The molecule has 9 nitrogen and oxygen atoms in total. The second-order valence-electron chi connectivity index (χ2n) is 7.79. The molecule has 2 aliphatic rings. The van der Waals surface area contributed by atoms with Gasteiger partial charge in [-0.05, 0) is 22.3 Å². The zero-order chi connectivity index (χ0) is 22.7. The average molecular weight is 439 g/mol. The Balaban J connectivity index is 1.43. The molecule has 2 atom stereocenters. The van der Waals surface area contributed by atoms with Crippen LogP contribution < -0.4 is 11.1 Å². The van der Waals surface area contributed by atoms with E-state index < -0.39 is 30.3 Å². The SMILES string of the molecule is NCCNC(=O)O[C@@H]1C[C@@H](C(=O)O)N(C(=O)OCC2c3ccccc3-c3ccccc32)C1. The number of rotatable bonds is 6. The van der Waals surface area contributed by atoms with Crippen molar-refractivity contribution in [1.29, 1.82) is 0 Å². The molecule has 2 amide bonds. The predicted molar refractivity (Wildman–Crippen MR) is 115 cm³/mol. The van der Waals surface area contributed by atoms with Crippen LogP contribution in [0.25, 0.3) is 11.1 Å². The molecule has 4 N–H and O–H groups in total. The highest BCUT2D eigenvalue weighted by molar-refractivity contribution is 5.82. The van der Waals surface area contributed by atoms with Gasteiger partial charge in [-0.3, -0.25) is 4.90 Å². The number of likely N-dealkylation sites (tertiary alicyclic amines) is 1. The standard InChI is InChI=1S/C23H25N3O6/c24-9-10-25-22(29)32-14-11-20(21(27)28)26(12-14)23(30)31-13-19-17-7-3-1-5-15(17)16-6-2-4-8-18(16)19/h1-8,14,19-20H,9-13,24H2,(H,25,29)(H,27,28)/t14-,20+/m1/s1. The summed E-state index contributed by atoms with van der Waals surface area (Å²) in [4.78, 5) is 37.4. The summed E-state index contributed by atoms with van der Waals surface area (Å²) in [7, 11) is 0. The maximum atomic E-state index is 12.8. The van der Waals surface area contributed by atoms with E-state index in [0.717, 1.165) is 27.2 Å². The minimum atomic E-state index is -1.17. The molecule has 0 spiro atoms. The second kappa shape index (κ2) is 9.27. The molecule has 0 bridgehead atoms. The summed E-state index contributed by atoms with van der Waals surface area (Å²) < 4.78 is 10.8. The summed E-state index contributed by atoms with van der Waals surface area (Å²) in [6.45, 7) is 0.523. The van der Waals surface area contributed by atoms with Gasteiger partial charge in [0.1, 0.15) is 18.8 Å². The lowest BCUT2D eigenvalue weighted by Crippen LogP contribution is -2.41. The third kappa shape index (κ3) is 4.24. The first-order valence-corrected chi connectivity index (χ1v) is 10.5.